The predicted molar refractivity (Wildman–Crippen MR) is 83.0 cm³/mol. The second kappa shape index (κ2) is 7.43. The Kier molecular flexibility index (Phi) is 5.59. The third-order valence-electron chi connectivity index (χ3n) is 3.98. The highest BCUT2D eigenvalue weighted by molar-refractivity contribution is 5.79. The van der Waals surface area contributed by atoms with Gasteiger partial charge in [0.25, 0.3) is 0 Å². The van der Waals surface area contributed by atoms with Gasteiger partial charge in [0.05, 0.1) is 13.2 Å². The minimum absolute atomic E-state index is 0.325. The van der Waals surface area contributed by atoms with E-state index >= 15 is 0 Å². The largest absolute Gasteiger partial charge is 0.496 e. The van der Waals surface area contributed by atoms with Crippen LogP contribution in [0.3, 0.4) is 0 Å². The fourth-order valence-electron chi connectivity index (χ4n) is 2.62. The van der Waals surface area contributed by atoms with Crippen LogP contribution in [0.2, 0.25) is 0 Å². The third kappa shape index (κ3) is 4.44. The van der Waals surface area contributed by atoms with Crippen molar-refractivity contribution in [1.29, 1.82) is 0 Å². The van der Waals surface area contributed by atoms with Gasteiger partial charge in [-0.05, 0) is 50.6 Å². The van der Waals surface area contributed by atoms with Gasteiger partial charge in [-0.2, -0.15) is 0 Å². The van der Waals surface area contributed by atoms with E-state index in [-0.39, 0.29) is 11.9 Å². The van der Waals surface area contributed by atoms with Crippen molar-refractivity contribution in [1.82, 2.24) is 10.2 Å². The summed E-state index contributed by atoms with van der Waals surface area (Å²) in [5.74, 6) is 0.592. The lowest BCUT2D eigenvalue weighted by atomic mass is 10.1. The van der Waals surface area contributed by atoms with Crippen molar-refractivity contribution in [2.45, 2.75) is 38.9 Å². The first-order valence-electron chi connectivity index (χ1n) is 7.51. The Labute approximate surface area is 126 Å². The van der Waals surface area contributed by atoms with E-state index in [1.807, 2.05) is 12.1 Å². The van der Waals surface area contributed by atoms with Gasteiger partial charge in [-0.25, -0.2) is 0 Å². The predicted octanol–water partition coefficient (Wildman–Crippen LogP) is 1.25. The molecular weight excluding hydrogens is 266 g/mol. The van der Waals surface area contributed by atoms with Crippen molar-refractivity contribution in [3.05, 3.63) is 29.3 Å². The number of carbonyl (C=O) groups is 1. The second-order valence-electron chi connectivity index (χ2n) is 5.63. The van der Waals surface area contributed by atoms with E-state index in [9.17, 15) is 4.79 Å². The molecule has 21 heavy (non-hydrogen) atoms. The van der Waals surface area contributed by atoms with E-state index in [4.69, 9.17) is 10.5 Å². The first kappa shape index (κ1) is 15.8. The molecule has 1 aliphatic heterocycles. The van der Waals surface area contributed by atoms with Crippen LogP contribution in [0, 0.1) is 0 Å². The molecule has 0 saturated carbocycles. The van der Waals surface area contributed by atoms with Gasteiger partial charge in [0.1, 0.15) is 5.75 Å². The van der Waals surface area contributed by atoms with E-state index in [1.165, 1.54) is 18.4 Å². The number of hydrogen-bond acceptors (Lipinski definition) is 4. The molecule has 0 bridgehead atoms. The monoisotopic (exact) mass is 291 g/mol. The molecule has 5 heteroatoms. The van der Waals surface area contributed by atoms with Crippen molar-refractivity contribution >= 4 is 5.91 Å². The molecule has 1 atom stereocenters. The minimum Gasteiger partial charge on any atom is -0.496 e. The van der Waals surface area contributed by atoms with Gasteiger partial charge >= 0.3 is 0 Å². The number of likely N-dealkylation sites (tertiary alicyclic amines) is 1. The highest BCUT2D eigenvalue weighted by Crippen LogP contribution is 2.23. The van der Waals surface area contributed by atoms with E-state index in [1.54, 1.807) is 14.0 Å². The number of nitrogens with one attached hydrogen (secondary N) is 1. The molecule has 1 aromatic carbocycles. The van der Waals surface area contributed by atoms with E-state index < -0.39 is 0 Å². The second-order valence-corrected chi connectivity index (χ2v) is 5.63. The maximum Gasteiger partial charge on any atom is 0.234 e. The molecule has 0 radical (unpaired) electrons. The van der Waals surface area contributed by atoms with E-state index in [0.717, 1.165) is 30.9 Å². The van der Waals surface area contributed by atoms with Gasteiger partial charge in [0, 0.05) is 18.7 Å². The molecule has 3 N–H and O–H groups in total. The molecule has 1 aliphatic rings. The summed E-state index contributed by atoms with van der Waals surface area (Å²) in [4.78, 5) is 13.5. The normalized spacial score (nSPS) is 16.9. The first-order chi connectivity index (χ1) is 10.1. The number of methoxy groups -OCH3 is 1. The van der Waals surface area contributed by atoms with E-state index in [2.05, 4.69) is 16.3 Å². The summed E-state index contributed by atoms with van der Waals surface area (Å²) in [6.07, 6.45) is 2.55. The number of rotatable bonds is 7. The van der Waals surface area contributed by atoms with Crippen molar-refractivity contribution in [3.8, 4) is 5.75 Å². The zero-order valence-electron chi connectivity index (χ0n) is 12.9. The summed E-state index contributed by atoms with van der Waals surface area (Å²) in [7, 11) is 1.70. The molecule has 116 valence electrons. The summed E-state index contributed by atoms with van der Waals surface area (Å²) in [6, 6.07) is 5.84. The van der Waals surface area contributed by atoms with Crippen LogP contribution in [0.1, 0.15) is 30.9 Å². The third-order valence-corrected chi connectivity index (χ3v) is 3.98. The lowest BCUT2D eigenvalue weighted by Gasteiger charge is -2.18. The number of benzene rings is 1. The molecule has 1 saturated heterocycles. The topological polar surface area (TPSA) is 67.6 Å². The van der Waals surface area contributed by atoms with Gasteiger partial charge in [0.2, 0.25) is 5.91 Å². The Morgan fingerprint density at radius 2 is 2.14 bits per heavy atom. The Bertz CT molecular complexity index is 484. The maximum atomic E-state index is 11.1. The molecule has 0 aliphatic carbocycles. The molecule has 0 spiro atoms. The molecule has 2 rings (SSSR count). The van der Waals surface area contributed by atoms with E-state index in [0.29, 0.717) is 6.54 Å². The molecular formula is C16H25N3O2. The standard InChI is InChI=1S/C16H25N3O2/c1-12(16(17)20)18-10-13-5-6-15(21-2)14(9-13)11-19-7-3-4-8-19/h5-6,9,12,18H,3-4,7-8,10-11H2,1-2H3,(H2,17,20)/t12-/m0/s1. The summed E-state index contributed by atoms with van der Waals surface area (Å²) < 4.78 is 5.45. The smallest absolute Gasteiger partial charge is 0.234 e. The fourth-order valence-corrected chi connectivity index (χ4v) is 2.62. The zero-order chi connectivity index (χ0) is 15.2. The molecule has 0 unspecified atom stereocenters. The Hall–Kier alpha value is -1.59. The summed E-state index contributed by atoms with van der Waals surface area (Å²) in [6.45, 7) is 5.63. The Morgan fingerprint density at radius 3 is 2.76 bits per heavy atom. The summed E-state index contributed by atoms with van der Waals surface area (Å²) in [5.41, 5.74) is 7.59. The SMILES string of the molecule is COc1ccc(CN[C@@H](C)C(N)=O)cc1CN1CCCC1. The average molecular weight is 291 g/mol. The lowest BCUT2D eigenvalue weighted by Crippen LogP contribution is -2.38. The number of nitrogens with zero attached hydrogens (tertiary/aromatic N) is 1. The minimum atomic E-state index is -0.333. The summed E-state index contributed by atoms with van der Waals surface area (Å²) >= 11 is 0. The van der Waals surface area contributed by atoms with Gasteiger partial charge in [-0.3, -0.25) is 9.69 Å². The maximum absolute atomic E-state index is 11.1. The van der Waals surface area contributed by atoms with Crippen molar-refractivity contribution < 1.29 is 9.53 Å². The molecule has 1 fully saturated rings. The molecule has 1 heterocycles. The molecule has 5 nitrogen and oxygen atoms in total. The molecule has 1 amide bonds. The fraction of sp³-hybridized carbons (Fsp3) is 0.562. The van der Waals surface area contributed by atoms with Crippen LogP contribution < -0.4 is 15.8 Å². The van der Waals surface area contributed by atoms with Gasteiger partial charge in [-0.15, -0.1) is 0 Å². The van der Waals surface area contributed by atoms with Crippen LogP contribution in [0.5, 0.6) is 5.75 Å². The number of hydrogen-bond donors (Lipinski definition) is 2. The summed E-state index contributed by atoms with van der Waals surface area (Å²) in [5, 5.41) is 3.13. The van der Waals surface area contributed by atoms with Crippen LogP contribution >= 0.6 is 0 Å². The highest BCUT2D eigenvalue weighted by Gasteiger charge is 2.15. The molecule has 0 aromatic heterocycles. The number of ether oxygens (including phenoxy) is 1. The Balaban J connectivity index is 2.03. The van der Waals surface area contributed by atoms with Crippen LogP contribution in [-0.2, 0) is 17.9 Å². The molecule has 1 aromatic rings. The number of amides is 1. The van der Waals surface area contributed by atoms with Crippen molar-refractivity contribution in [2.75, 3.05) is 20.2 Å². The number of carbonyl (C=O) groups excluding carboxylic acids is 1. The zero-order valence-corrected chi connectivity index (χ0v) is 12.9. The Morgan fingerprint density at radius 1 is 1.43 bits per heavy atom. The van der Waals surface area contributed by atoms with Crippen LogP contribution in [-0.4, -0.2) is 37.0 Å². The van der Waals surface area contributed by atoms with Gasteiger partial charge in [0.15, 0.2) is 0 Å². The quantitative estimate of drug-likeness (QED) is 0.793. The number of nitrogens with two attached hydrogens (primary N) is 1. The average Bonchev–Trinajstić information content (AvgIpc) is 2.97. The lowest BCUT2D eigenvalue weighted by molar-refractivity contribution is -0.119. The van der Waals surface area contributed by atoms with Crippen LogP contribution in [0.15, 0.2) is 18.2 Å². The highest BCUT2D eigenvalue weighted by atomic mass is 16.5. The van der Waals surface area contributed by atoms with Crippen LogP contribution in [0.25, 0.3) is 0 Å². The van der Waals surface area contributed by atoms with Crippen LogP contribution in [0.4, 0.5) is 0 Å². The van der Waals surface area contributed by atoms with Crippen molar-refractivity contribution in [3.63, 3.8) is 0 Å². The van der Waals surface area contributed by atoms with Gasteiger partial charge in [-0.1, -0.05) is 6.07 Å². The van der Waals surface area contributed by atoms with Gasteiger partial charge < -0.3 is 15.8 Å². The first-order valence-corrected chi connectivity index (χ1v) is 7.51. The number of primary amides is 1. The van der Waals surface area contributed by atoms with Crippen molar-refractivity contribution in [2.24, 2.45) is 5.73 Å².